The van der Waals surface area contributed by atoms with E-state index in [1.165, 1.54) is 0 Å². The molecule has 1 aromatic carbocycles. The van der Waals surface area contributed by atoms with Gasteiger partial charge in [0.15, 0.2) is 0 Å². The lowest BCUT2D eigenvalue weighted by atomic mass is 10.1. The van der Waals surface area contributed by atoms with Crippen LogP contribution in [-0.2, 0) is 6.42 Å². The number of aliphatic hydroxyl groups excluding tert-OH is 2. The molecule has 0 aliphatic heterocycles. The fraction of sp³-hybridized carbons (Fsp3) is 0.562. The number of rotatable bonds is 7. The van der Waals surface area contributed by atoms with Gasteiger partial charge in [-0.15, -0.1) is 0 Å². The summed E-state index contributed by atoms with van der Waals surface area (Å²) in [7, 11) is 0. The highest BCUT2D eigenvalue weighted by Gasteiger charge is 2.29. The van der Waals surface area contributed by atoms with Crippen LogP contribution in [0.4, 0.5) is 23.7 Å². The van der Waals surface area contributed by atoms with Gasteiger partial charge in [0.2, 0.25) is 0 Å². The van der Waals surface area contributed by atoms with Gasteiger partial charge in [-0.2, -0.15) is 13.2 Å². The van der Waals surface area contributed by atoms with Gasteiger partial charge in [-0.05, 0) is 36.6 Å². The lowest BCUT2D eigenvalue weighted by molar-refractivity contribution is -0.137. The fourth-order valence-corrected chi connectivity index (χ4v) is 2.18. The third kappa shape index (κ3) is 6.76. The molecule has 3 N–H and O–H groups in total. The molecule has 0 unspecified atom stereocenters. The highest BCUT2D eigenvalue weighted by molar-refractivity contribution is 5.89. The van der Waals surface area contributed by atoms with Gasteiger partial charge < -0.3 is 20.4 Å². The third-order valence-electron chi connectivity index (χ3n) is 3.58. The van der Waals surface area contributed by atoms with E-state index in [1.54, 1.807) is 12.1 Å². The van der Waals surface area contributed by atoms with Gasteiger partial charge in [-0.3, -0.25) is 0 Å². The fourth-order valence-electron chi connectivity index (χ4n) is 2.18. The molecule has 5 nitrogen and oxygen atoms in total. The van der Waals surface area contributed by atoms with E-state index in [0.717, 1.165) is 22.4 Å². The average molecular weight is 348 g/mol. The van der Waals surface area contributed by atoms with Crippen LogP contribution in [0.1, 0.15) is 24.5 Å². The van der Waals surface area contributed by atoms with E-state index >= 15 is 0 Å². The van der Waals surface area contributed by atoms with Crippen molar-refractivity contribution < 1.29 is 28.2 Å². The van der Waals surface area contributed by atoms with E-state index in [9.17, 15) is 23.1 Å². The summed E-state index contributed by atoms with van der Waals surface area (Å²) in [5, 5.41) is 20.8. The molecule has 2 amide bonds. The average Bonchev–Trinajstić information content (AvgIpc) is 2.51. The molecule has 0 spiro atoms. The Morgan fingerprint density at radius 3 is 2.58 bits per heavy atom. The predicted molar refractivity (Wildman–Crippen MR) is 84.9 cm³/mol. The van der Waals surface area contributed by atoms with Crippen molar-refractivity contribution in [3.8, 4) is 0 Å². The second-order valence-corrected chi connectivity index (χ2v) is 5.57. The quantitative estimate of drug-likeness (QED) is 0.709. The maximum atomic E-state index is 12.4. The van der Waals surface area contributed by atoms with Crippen LogP contribution in [-0.4, -0.2) is 53.1 Å². The summed E-state index contributed by atoms with van der Waals surface area (Å²) in [5.74, 6) is 0. The van der Waals surface area contributed by atoms with Crippen molar-refractivity contribution in [3.63, 3.8) is 0 Å². The van der Waals surface area contributed by atoms with Crippen LogP contribution < -0.4 is 5.32 Å². The number of benzene rings is 1. The first-order valence-electron chi connectivity index (χ1n) is 7.67. The molecule has 136 valence electrons. The Morgan fingerprint density at radius 1 is 1.38 bits per heavy atom. The SMILES string of the molecule is CCc1cc(NC(=O)N(CCC(F)(F)F)C[C@H](O)CO)ccc1C. The van der Waals surface area contributed by atoms with Crippen LogP contribution in [0.15, 0.2) is 18.2 Å². The maximum Gasteiger partial charge on any atom is 0.390 e. The minimum atomic E-state index is -4.41. The van der Waals surface area contributed by atoms with E-state index in [-0.39, 0.29) is 6.54 Å². The van der Waals surface area contributed by atoms with E-state index in [0.29, 0.717) is 5.69 Å². The number of anilines is 1. The van der Waals surface area contributed by atoms with Crippen LogP contribution in [0.5, 0.6) is 0 Å². The molecule has 24 heavy (non-hydrogen) atoms. The first-order valence-corrected chi connectivity index (χ1v) is 7.67. The number of nitrogens with zero attached hydrogens (tertiary/aromatic N) is 1. The Kier molecular flexibility index (Phi) is 7.50. The van der Waals surface area contributed by atoms with Gasteiger partial charge in [0.05, 0.1) is 25.7 Å². The number of nitrogens with one attached hydrogen (secondary N) is 1. The Bertz CT molecular complexity index is 550. The van der Waals surface area contributed by atoms with Gasteiger partial charge in [-0.1, -0.05) is 13.0 Å². The highest BCUT2D eigenvalue weighted by Crippen LogP contribution is 2.21. The standard InChI is InChI=1S/C16H23F3N2O3/c1-3-12-8-13(5-4-11(12)2)20-15(24)21(9-14(23)10-22)7-6-16(17,18)19/h4-5,8,14,22-23H,3,6-7,9-10H2,1-2H3,(H,20,24)/t14-/m0/s1. The summed E-state index contributed by atoms with van der Waals surface area (Å²) in [6, 6.07) is 4.49. The Labute approximate surface area is 139 Å². The molecule has 0 saturated heterocycles. The molecule has 0 aliphatic carbocycles. The molecule has 8 heteroatoms. The summed E-state index contributed by atoms with van der Waals surface area (Å²) in [6.45, 7) is 2.27. The van der Waals surface area contributed by atoms with Crippen molar-refractivity contribution in [1.82, 2.24) is 4.90 Å². The Balaban J connectivity index is 2.82. The summed E-state index contributed by atoms with van der Waals surface area (Å²) in [4.78, 5) is 13.1. The normalized spacial score (nSPS) is 12.8. The molecule has 1 atom stereocenters. The molecule has 0 bridgehead atoms. The number of halogens is 3. The number of carbonyl (C=O) groups is 1. The zero-order valence-electron chi connectivity index (χ0n) is 13.7. The molecule has 0 saturated carbocycles. The third-order valence-corrected chi connectivity index (χ3v) is 3.58. The number of alkyl halides is 3. The molecule has 0 fully saturated rings. The summed E-state index contributed by atoms with van der Waals surface area (Å²) < 4.78 is 37.2. The van der Waals surface area contributed by atoms with Gasteiger partial charge >= 0.3 is 12.2 Å². The summed E-state index contributed by atoms with van der Waals surface area (Å²) in [5.41, 5.74) is 2.54. The van der Waals surface area contributed by atoms with Crippen molar-refractivity contribution >= 4 is 11.7 Å². The van der Waals surface area contributed by atoms with Gasteiger partial charge in [-0.25, -0.2) is 4.79 Å². The van der Waals surface area contributed by atoms with E-state index in [1.807, 2.05) is 19.9 Å². The zero-order chi connectivity index (χ0) is 18.3. The predicted octanol–water partition coefficient (Wildman–Crippen LogP) is 2.70. The molecular formula is C16H23F3N2O3. The van der Waals surface area contributed by atoms with Crippen LogP contribution in [0.25, 0.3) is 0 Å². The number of aliphatic hydroxyl groups is 2. The number of amides is 2. The molecule has 1 rings (SSSR count). The maximum absolute atomic E-state index is 12.4. The van der Waals surface area contributed by atoms with Crippen molar-refractivity contribution in [3.05, 3.63) is 29.3 Å². The molecule has 0 radical (unpaired) electrons. The molecule has 0 heterocycles. The first kappa shape index (κ1) is 20.2. The molecule has 0 aromatic heterocycles. The van der Waals surface area contributed by atoms with Crippen molar-refractivity contribution in [2.24, 2.45) is 0 Å². The summed E-state index contributed by atoms with van der Waals surface area (Å²) >= 11 is 0. The minimum Gasteiger partial charge on any atom is -0.394 e. The van der Waals surface area contributed by atoms with Crippen LogP contribution in [0.3, 0.4) is 0 Å². The largest absolute Gasteiger partial charge is 0.394 e. The minimum absolute atomic E-state index is 0.384. The lowest BCUT2D eigenvalue weighted by Crippen LogP contribution is -2.43. The summed E-state index contributed by atoms with van der Waals surface area (Å²) in [6.07, 6.45) is -6.14. The van der Waals surface area contributed by atoms with E-state index in [4.69, 9.17) is 5.11 Å². The van der Waals surface area contributed by atoms with Crippen LogP contribution >= 0.6 is 0 Å². The van der Waals surface area contributed by atoms with Crippen molar-refractivity contribution in [2.75, 3.05) is 25.0 Å². The Hall–Kier alpha value is -1.80. The Morgan fingerprint density at radius 2 is 2.04 bits per heavy atom. The smallest absolute Gasteiger partial charge is 0.390 e. The van der Waals surface area contributed by atoms with E-state index < -0.39 is 37.9 Å². The van der Waals surface area contributed by atoms with Crippen molar-refractivity contribution in [1.29, 1.82) is 0 Å². The number of carbonyl (C=O) groups excluding carboxylic acids is 1. The second-order valence-electron chi connectivity index (χ2n) is 5.57. The lowest BCUT2D eigenvalue weighted by Gasteiger charge is -2.25. The van der Waals surface area contributed by atoms with Crippen LogP contribution in [0, 0.1) is 6.92 Å². The first-order chi connectivity index (χ1) is 11.2. The number of hydrogen-bond acceptors (Lipinski definition) is 3. The number of urea groups is 1. The van der Waals surface area contributed by atoms with Crippen LogP contribution in [0.2, 0.25) is 0 Å². The van der Waals surface area contributed by atoms with Crippen molar-refractivity contribution in [2.45, 2.75) is 39.0 Å². The van der Waals surface area contributed by atoms with Gasteiger partial charge in [0, 0.05) is 12.2 Å². The molecule has 0 aliphatic rings. The van der Waals surface area contributed by atoms with E-state index in [2.05, 4.69) is 5.32 Å². The second kappa shape index (κ2) is 8.89. The highest BCUT2D eigenvalue weighted by atomic mass is 19.4. The number of hydrogen-bond donors (Lipinski definition) is 3. The number of aryl methyl sites for hydroxylation is 2. The molecule has 1 aromatic rings. The molecular weight excluding hydrogens is 325 g/mol. The van der Waals surface area contributed by atoms with Gasteiger partial charge in [0.1, 0.15) is 0 Å². The van der Waals surface area contributed by atoms with Gasteiger partial charge in [0.25, 0.3) is 0 Å². The monoisotopic (exact) mass is 348 g/mol. The zero-order valence-corrected chi connectivity index (χ0v) is 13.7. The topological polar surface area (TPSA) is 72.8 Å².